The molecule has 1 aliphatic rings. The Morgan fingerprint density at radius 2 is 2.15 bits per heavy atom. The van der Waals surface area contributed by atoms with Gasteiger partial charge in [0.25, 0.3) is 5.56 Å². The molecule has 26 heavy (non-hydrogen) atoms. The summed E-state index contributed by atoms with van der Waals surface area (Å²) in [5.41, 5.74) is 0.903. The largest absolute Gasteiger partial charge is 0.354 e. The second kappa shape index (κ2) is 7.47. The van der Waals surface area contributed by atoms with Gasteiger partial charge in [-0.3, -0.25) is 19.0 Å². The van der Waals surface area contributed by atoms with Gasteiger partial charge in [0, 0.05) is 43.5 Å². The lowest BCUT2D eigenvalue weighted by molar-refractivity contribution is -0.126. The quantitative estimate of drug-likeness (QED) is 0.859. The molecule has 0 spiro atoms. The zero-order chi connectivity index (χ0) is 18.7. The van der Waals surface area contributed by atoms with E-state index < -0.39 is 11.7 Å². The first-order valence-electron chi connectivity index (χ1n) is 8.31. The van der Waals surface area contributed by atoms with Gasteiger partial charge in [-0.1, -0.05) is 6.07 Å². The van der Waals surface area contributed by atoms with Gasteiger partial charge in [-0.05, 0) is 25.1 Å². The Kier molecular flexibility index (Phi) is 5.11. The van der Waals surface area contributed by atoms with Gasteiger partial charge in [0.2, 0.25) is 11.8 Å². The first-order valence-corrected chi connectivity index (χ1v) is 8.31. The Morgan fingerprint density at radius 1 is 1.35 bits per heavy atom. The molecule has 136 valence electrons. The van der Waals surface area contributed by atoms with Crippen molar-refractivity contribution in [3.05, 3.63) is 58.5 Å². The van der Waals surface area contributed by atoms with Crippen molar-refractivity contribution in [1.82, 2.24) is 14.9 Å². The first kappa shape index (κ1) is 17.8. The van der Waals surface area contributed by atoms with Crippen LogP contribution in [0, 0.1) is 18.7 Å². The molecule has 0 radical (unpaired) electrons. The van der Waals surface area contributed by atoms with Crippen molar-refractivity contribution in [1.29, 1.82) is 0 Å². The predicted molar refractivity (Wildman–Crippen MR) is 93.1 cm³/mol. The molecule has 1 unspecified atom stereocenters. The number of nitrogens with one attached hydrogen (secondary N) is 1. The molecule has 2 heterocycles. The monoisotopic (exact) mass is 358 g/mol. The highest BCUT2D eigenvalue weighted by molar-refractivity contribution is 6.00. The highest BCUT2D eigenvalue weighted by Gasteiger charge is 2.35. The zero-order valence-corrected chi connectivity index (χ0v) is 14.3. The summed E-state index contributed by atoms with van der Waals surface area (Å²) in [6.07, 6.45) is 1.52. The molecule has 1 aromatic heterocycles. The lowest BCUT2D eigenvalue weighted by Crippen LogP contribution is -2.36. The van der Waals surface area contributed by atoms with Gasteiger partial charge in [0.1, 0.15) is 5.82 Å². The Hall–Kier alpha value is -3.03. The number of anilines is 1. The Balaban J connectivity index is 1.55. The minimum absolute atomic E-state index is 0.0778. The van der Waals surface area contributed by atoms with Crippen LogP contribution in [-0.4, -0.2) is 34.5 Å². The van der Waals surface area contributed by atoms with Crippen molar-refractivity contribution in [2.45, 2.75) is 19.9 Å². The number of nitrogens with zero attached hydrogens (tertiary/aromatic N) is 3. The third-order valence-electron chi connectivity index (χ3n) is 4.28. The average molecular weight is 358 g/mol. The number of benzene rings is 1. The summed E-state index contributed by atoms with van der Waals surface area (Å²) in [7, 11) is 0. The highest BCUT2D eigenvalue weighted by atomic mass is 19.1. The predicted octanol–water partition coefficient (Wildman–Crippen LogP) is 0.860. The molecule has 1 N–H and O–H groups in total. The summed E-state index contributed by atoms with van der Waals surface area (Å²) in [6.45, 7) is 2.50. The number of hydrogen-bond acceptors (Lipinski definition) is 4. The number of aromatic nitrogens is 2. The van der Waals surface area contributed by atoms with Crippen LogP contribution in [0.2, 0.25) is 0 Å². The molecule has 0 aliphatic carbocycles. The number of aryl methyl sites for hydroxylation is 1. The number of halogens is 1. The van der Waals surface area contributed by atoms with E-state index in [-0.39, 0.29) is 36.9 Å². The van der Waals surface area contributed by atoms with E-state index in [9.17, 15) is 18.8 Å². The number of amides is 2. The number of carbonyl (C=O) groups excluding carboxylic acids is 2. The van der Waals surface area contributed by atoms with Crippen molar-refractivity contribution in [2.24, 2.45) is 5.92 Å². The van der Waals surface area contributed by atoms with Gasteiger partial charge in [0.15, 0.2) is 0 Å². The van der Waals surface area contributed by atoms with Crippen LogP contribution >= 0.6 is 0 Å². The standard InChI is InChI=1S/C18H19FN4O3/c1-12-7-16(24)22(11-21-12)6-5-20-18(26)13-8-17(25)23(10-13)15-4-2-3-14(19)9-15/h2-4,7,9,11,13H,5-6,8,10H2,1H3,(H,20,26). The fraction of sp³-hybridized carbons (Fsp3) is 0.333. The lowest BCUT2D eigenvalue weighted by Gasteiger charge is -2.16. The molecule has 0 saturated carbocycles. The molecule has 3 rings (SSSR count). The Bertz CT molecular complexity index is 896. The van der Waals surface area contributed by atoms with Crippen molar-refractivity contribution in [3.63, 3.8) is 0 Å². The van der Waals surface area contributed by atoms with E-state index in [0.29, 0.717) is 17.9 Å². The summed E-state index contributed by atoms with van der Waals surface area (Å²) in [4.78, 5) is 41.7. The summed E-state index contributed by atoms with van der Waals surface area (Å²) in [5, 5.41) is 2.74. The maximum Gasteiger partial charge on any atom is 0.253 e. The molecule has 1 fully saturated rings. The first-order chi connectivity index (χ1) is 12.4. The molecule has 1 atom stereocenters. The van der Waals surface area contributed by atoms with Gasteiger partial charge < -0.3 is 10.2 Å². The fourth-order valence-corrected chi connectivity index (χ4v) is 2.91. The van der Waals surface area contributed by atoms with Crippen LogP contribution in [0.25, 0.3) is 0 Å². The number of carbonyl (C=O) groups is 2. The fourth-order valence-electron chi connectivity index (χ4n) is 2.91. The van der Waals surface area contributed by atoms with Crippen LogP contribution in [0.5, 0.6) is 0 Å². The molecular weight excluding hydrogens is 339 g/mol. The maximum atomic E-state index is 13.3. The van der Waals surface area contributed by atoms with Crippen LogP contribution < -0.4 is 15.8 Å². The third-order valence-corrected chi connectivity index (χ3v) is 4.28. The molecule has 8 heteroatoms. The summed E-state index contributed by atoms with van der Waals surface area (Å²) in [6, 6.07) is 7.16. The van der Waals surface area contributed by atoms with Crippen LogP contribution in [0.15, 0.2) is 41.5 Å². The molecule has 2 amide bonds. The van der Waals surface area contributed by atoms with Crippen LogP contribution in [0.3, 0.4) is 0 Å². The van der Waals surface area contributed by atoms with Gasteiger partial charge in [0.05, 0.1) is 12.2 Å². The number of rotatable bonds is 5. The van der Waals surface area contributed by atoms with Crippen molar-refractivity contribution >= 4 is 17.5 Å². The van der Waals surface area contributed by atoms with Gasteiger partial charge in [-0.15, -0.1) is 0 Å². The van der Waals surface area contributed by atoms with E-state index in [1.54, 1.807) is 13.0 Å². The second-order valence-corrected chi connectivity index (χ2v) is 6.24. The molecular formula is C18H19FN4O3. The SMILES string of the molecule is Cc1cc(=O)n(CCNC(=O)C2CC(=O)N(c3cccc(F)c3)C2)cn1. The van der Waals surface area contributed by atoms with E-state index >= 15 is 0 Å². The third kappa shape index (κ3) is 3.96. The minimum atomic E-state index is -0.501. The zero-order valence-electron chi connectivity index (χ0n) is 14.3. The minimum Gasteiger partial charge on any atom is -0.354 e. The molecule has 0 bridgehead atoms. The molecule has 1 saturated heterocycles. The average Bonchev–Trinajstić information content (AvgIpc) is 2.99. The normalized spacial score (nSPS) is 16.8. The van der Waals surface area contributed by atoms with Gasteiger partial charge >= 0.3 is 0 Å². The van der Waals surface area contributed by atoms with Crippen LogP contribution in [0.1, 0.15) is 12.1 Å². The highest BCUT2D eigenvalue weighted by Crippen LogP contribution is 2.25. The van der Waals surface area contributed by atoms with E-state index in [4.69, 9.17) is 0 Å². The van der Waals surface area contributed by atoms with Crippen molar-refractivity contribution in [2.75, 3.05) is 18.0 Å². The topological polar surface area (TPSA) is 84.3 Å². The van der Waals surface area contributed by atoms with Crippen molar-refractivity contribution < 1.29 is 14.0 Å². The molecule has 1 aliphatic heterocycles. The van der Waals surface area contributed by atoms with Crippen LogP contribution in [-0.2, 0) is 16.1 Å². The summed E-state index contributed by atoms with van der Waals surface area (Å²) in [5.74, 6) is -1.40. The molecule has 2 aromatic rings. The van der Waals surface area contributed by atoms with Gasteiger partial charge in [-0.2, -0.15) is 0 Å². The van der Waals surface area contributed by atoms with E-state index in [1.807, 2.05) is 0 Å². The maximum absolute atomic E-state index is 13.3. The Labute approximate surface area is 149 Å². The van der Waals surface area contributed by atoms with Crippen molar-refractivity contribution in [3.8, 4) is 0 Å². The smallest absolute Gasteiger partial charge is 0.253 e. The Morgan fingerprint density at radius 3 is 2.88 bits per heavy atom. The second-order valence-electron chi connectivity index (χ2n) is 6.24. The van der Waals surface area contributed by atoms with Gasteiger partial charge in [-0.25, -0.2) is 9.37 Å². The molecule has 7 nitrogen and oxygen atoms in total. The van der Waals surface area contributed by atoms with E-state index in [0.717, 1.165) is 0 Å². The van der Waals surface area contributed by atoms with Crippen LogP contribution in [0.4, 0.5) is 10.1 Å². The number of hydrogen-bond donors (Lipinski definition) is 1. The van der Waals surface area contributed by atoms with E-state index in [1.165, 1.54) is 40.1 Å². The molecule has 1 aromatic carbocycles. The lowest BCUT2D eigenvalue weighted by atomic mass is 10.1. The van der Waals surface area contributed by atoms with E-state index in [2.05, 4.69) is 10.3 Å². The summed E-state index contributed by atoms with van der Waals surface area (Å²) >= 11 is 0. The summed E-state index contributed by atoms with van der Waals surface area (Å²) < 4.78 is 14.7.